The molecule has 0 bridgehead atoms. The van der Waals surface area contributed by atoms with Crippen LogP contribution in [0.1, 0.15) is 0 Å². The van der Waals surface area contributed by atoms with Gasteiger partial charge in [0.15, 0.2) is 0 Å². The minimum Gasteiger partial charge on any atom is -0.490 e. The van der Waals surface area contributed by atoms with Gasteiger partial charge in [-0.1, -0.05) is 52.3 Å². The van der Waals surface area contributed by atoms with Crippen LogP contribution in [0.25, 0.3) is 11.1 Å². The number of nitrogens with one attached hydrogen (secondary N) is 1. The molecule has 0 unspecified atom stereocenters. The average Bonchev–Trinajstić information content (AvgIpc) is 2.52. The molecule has 0 fully saturated rings. The molecular formula is C17H18BrNO2. The van der Waals surface area contributed by atoms with Crippen molar-refractivity contribution in [1.82, 2.24) is 5.32 Å². The van der Waals surface area contributed by atoms with Gasteiger partial charge in [0, 0.05) is 11.0 Å². The Morgan fingerprint density at radius 1 is 1.05 bits per heavy atom. The standard InChI is InChI=1S/C17H18BrNO2/c18-16-8-6-14(7-9-16)15-4-3-5-17(12-15)21-11-2-1-10-19-13-20/h1-9,12,19-20H,10-11,13H2/b2-1+. The van der Waals surface area contributed by atoms with Crippen molar-refractivity contribution in [2.24, 2.45) is 0 Å². The highest BCUT2D eigenvalue weighted by Gasteiger charge is 1.99. The van der Waals surface area contributed by atoms with Gasteiger partial charge in [0.1, 0.15) is 12.4 Å². The zero-order valence-corrected chi connectivity index (χ0v) is 13.2. The Bertz CT molecular complexity index is 582. The Labute approximate surface area is 133 Å². The predicted octanol–water partition coefficient (Wildman–Crippen LogP) is 3.59. The summed E-state index contributed by atoms with van der Waals surface area (Å²) in [5, 5.41) is 11.4. The van der Waals surface area contributed by atoms with Gasteiger partial charge in [-0.2, -0.15) is 0 Å². The van der Waals surface area contributed by atoms with E-state index < -0.39 is 0 Å². The number of benzene rings is 2. The van der Waals surface area contributed by atoms with Crippen molar-refractivity contribution in [2.75, 3.05) is 19.9 Å². The molecule has 0 saturated heterocycles. The van der Waals surface area contributed by atoms with Crippen LogP contribution in [0.15, 0.2) is 65.2 Å². The maximum absolute atomic E-state index is 8.58. The van der Waals surface area contributed by atoms with Gasteiger partial charge in [-0.05, 0) is 35.4 Å². The first-order chi connectivity index (χ1) is 10.3. The van der Waals surface area contributed by atoms with E-state index in [9.17, 15) is 0 Å². The van der Waals surface area contributed by atoms with E-state index in [1.54, 1.807) is 0 Å². The number of halogens is 1. The second-order valence-corrected chi connectivity index (χ2v) is 5.35. The zero-order chi connectivity index (χ0) is 14.9. The Morgan fingerprint density at radius 3 is 2.62 bits per heavy atom. The fraction of sp³-hybridized carbons (Fsp3) is 0.176. The van der Waals surface area contributed by atoms with Gasteiger partial charge in [-0.15, -0.1) is 0 Å². The normalized spacial score (nSPS) is 11.0. The number of aliphatic hydroxyl groups is 1. The molecule has 2 aromatic rings. The van der Waals surface area contributed by atoms with Gasteiger partial charge >= 0.3 is 0 Å². The van der Waals surface area contributed by atoms with E-state index in [-0.39, 0.29) is 6.73 Å². The van der Waals surface area contributed by atoms with Crippen molar-refractivity contribution in [2.45, 2.75) is 0 Å². The van der Waals surface area contributed by atoms with Gasteiger partial charge in [0.05, 0.1) is 6.73 Å². The number of aliphatic hydroxyl groups excluding tert-OH is 1. The molecule has 0 aliphatic heterocycles. The minimum absolute atomic E-state index is 0.0135. The fourth-order valence-corrected chi connectivity index (χ4v) is 2.12. The summed E-state index contributed by atoms with van der Waals surface area (Å²) in [6.45, 7) is 1.14. The Hall–Kier alpha value is -1.62. The van der Waals surface area contributed by atoms with E-state index in [2.05, 4.69) is 39.4 Å². The molecule has 4 heteroatoms. The molecule has 21 heavy (non-hydrogen) atoms. The van der Waals surface area contributed by atoms with E-state index in [4.69, 9.17) is 9.84 Å². The summed E-state index contributed by atoms with van der Waals surface area (Å²) >= 11 is 3.44. The third-order valence-electron chi connectivity index (χ3n) is 2.90. The molecule has 3 nitrogen and oxygen atoms in total. The summed E-state index contributed by atoms with van der Waals surface area (Å²) in [5.41, 5.74) is 2.29. The van der Waals surface area contributed by atoms with Crippen molar-refractivity contribution in [1.29, 1.82) is 0 Å². The lowest BCUT2D eigenvalue weighted by Crippen LogP contribution is -2.14. The lowest BCUT2D eigenvalue weighted by atomic mass is 10.1. The molecule has 0 aliphatic rings. The van der Waals surface area contributed by atoms with Crippen molar-refractivity contribution in [3.63, 3.8) is 0 Å². The lowest BCUT2D eigenvalue weighted by Gasteiger charge is -2.07. The van der Waals surface area contributed by atoms with Crippen LogP contribution in [0.5, 0.6) is 5.75 Å². The highest BCUT2D eigenvalue weighted by molar-refractivity contribution is 9.10. The van der Waals surface area contributed by atoms with Crippen LogP contribution in [0, 0.1) is 0 Å². The van der Waals surface area contributed by atoms with Gasteiger partial charge < -0.3 is 9.84 Å². The van der Waals surface area contributed by atoms with Gasteiger partial charge in [-0.3, -0.25) is 5.32 Å². The highest BCUT2D eigenvalue weighted by Crippen LogP contribution is 2.25. The van der Waals surface area contributed by atoms with Crippen molar-refractivity contribution < 1.29 is 9.84 Å². The zero-order valence-electron chi connectivity index (χ0n) is 11.6. The van der Waals surface area contributed by atoms with Crippen LogP contribution in [0.3, 0.4) is 0 Å². The first-order valence-electron chi connectivity index (χ1n) is 6.75. The van der Waals surface area contributed by atoms with Crippen molar-refractivity contribution in [3.05, 3.63) is 65.2 Å². The monoisotopic (exact) mass is 347 g/mol. The van der Waals surface area contributed by atoms with Crippen molar-refractivity contribution >= 4 is 15.9 Å². The first kappa shape index (κ1) is 15.8. The third kappa shape index (κ3) is 5.34. The average molecular weight is 348 g/mol. The number of hydrogen-bond donors (Lipinski definition) is 2. The van der Waals surface area contributed by atoms with Crippen LogP contribution in [-0.2, 0) is 0 Å². The molecule has 0 atom stereocenters. The molecule has 2 rings (SSSR count). The largest absolute Gasteiger partial charge is 0.490 e. The van der Waals surface area contributed by atoms with E-state index in [0.717, 1.165) is 21.3 Å². The highest BCUT2D eigenvalue weighted by atomic mass is 79.9. The van der Waals surface area contributed by atoms with Crippen molar-refractivity contribution in [3.8, 4) is 16.9 Å². The Balaban J connectivity index is 1.95. The number of rotatable bonds is 7. The van der Waals surface area contributed by atoms with E-state index >= 15 is 0 Å². The molecule has 110 valence electrons. The van der Waals surface area contributed by atoms with Crippen LogP contribution in [-0.4, -0.2) is 25.0 Å². The predicted molar refractivity (Wildman–Crippen MR) is 89.3 cm³/mol. The molecule has 0 saturated carbocycles. The summed E-state index contributed by atoms with van der Waals surface area (Å²) in [5.74, 6) is 0.843. The molecule has 0 aliphatic carbocycles. The van der Waals surface area contributed by atoms with Gasteiger partial charge in [0.25, 0.3) is 0 Å². The molecular weight excluding hydrogens is 330 g/mol. The summed E-state index contributed by atoms with van der Waals surface area (Å²) in [4.78, 5) is 0. The summed E-state index contributed by atoms with van der Waals surface area (Å²) in [6, 6.07) is 16.2. The smallest absolute Gasteiger partial charge is 0.120 e. The van der Waals surface area contributed by atoms with Crippen LogP contribution >= 0.6 is 15.9 Å². The van der Waals surface area contributed by atoms with Crippen LogP contribution in [0.4, 0.5) is 0 Å². The van der Waals surface area contributed by atoms with Gasteiger partial charge in [0.2, 0.25) is 0 Å². The number of hydrogen-bond acceptors (Lipinski definition) is 3. The molecule has 0 heterocycles. The molecule has 0 spiro atoms. The summed E-state index contributed by atoms with van der Waals surface area (Å²) in [6.07, 6.45) is 3.85. The van der Waals surface area contributed by atoms with E-state index in [1.807, 2.05) is 42.5 Å². The SMILES string of the molecule is OCNC/C=C/COc1cccc(-c2ccc(Br)cc2)c1. The lowest BCUT2D eigenvalue weighted by molar-refractivity contribution is 0.267. The Kier molecular flexibility index (Phi) is 6.47. The second-order valence-electron chi connectivity index (χ2n) is 4.43. The molecule has 0 aromatic heterocycles. The minimum atomic E-state index is -0.0135. The summed E-state index contributed by atoms with van der Waals surface area (Å²) in [7, 11) is 0. The summed E-state index contributed by atoms with van der Waals surface area (Å²) < 4.78 is 6.76. The molecule has 2 aromatic carbocycles. The maximum Gasteiger partial charge on any atom is 0.120 e. The first-order valence-corrected chi connectivity index (χ1v) is 7.54. The topological polar surface area (TPSA) is 41.5 Å². The molecule has 2 N–H and O–H groups in total. The molecule has 0 amide bonds. The van der Waals surface area contributed by atoms with Crippen LogP contribution in [0.2, 0.25) is 0 Å². The Morgan fingerprint density at radius 2 is 1.86 bits per heavy atom. The van der Waals surface area contributed by atoms with E-state index in [0.29, 0.717) is 13.2 Å². The fourth-order valence-electron chi connectivity index (χ4n) is 1.85. The third-order valence-corrected chi connectivity index (χ3v) is 3.43. The second kappa shape index (κ2) is 8.62. The number of ether oxygens (including phenoxy) is 1. The van der Waals surface area contributed by atoms with E-state index in [1.165, 1.54) is 0 Å². The quantitative estimate of drug-likeness (QED) is 0.457. The molecule has 0 radical (unpaired) electrons. The maximum atomic E-state index is 8.58. The van der Waals surface area contributed by atoms with Gasteiger partial charge in [-0.25, -0.2) is 0 Å². The van der Waals surface area contributed by atoms with Crippen LogP contribution < -0.4 is 10.1 Å².